The van der Waals surface area contributed by atoms with Crippen molar-refractivity contribution in [3.05, 3.63) is 35.4 Å². The van der Waals surface area contributed by atoms with Gasteiger partial charge in [0.2, 0.25) is 5.91 Å². The molecule has 1 aromatic heterocycles. The second kappa shape index (κ2) is 6.82. The summed E-state index contributed by atoms with van der Waals surface area (Å²) in [6.07, 6.45) is 1.37. The fourth-order valence-corrected chi connectivity index (χ4v) is 3.29. The molecule has 0 bridgehead atoms. The van der Waals surface area contributed by atoms with Crippen LogP contribution in [-0.2, 0) is 20.9 Å². The Morgan fingerprint density at radius 3 is 3.04 bits per heavy atom. The summed E-state index contributed by atoms with van der Waals surface area (Å²) in [6.45, 7) is 3.00. The van der Waals surface area contributed by atoms with Gasteiger partial charge >= 0.3 is 5.97 Å². The van der Waals surface area contributed by atoms with Gasteiger partial charge in [0.25, 0.3) is 0 Å². The van der Waals surface area contributed by atoms with E-state index in [1.807, 2.05) is 24.3 Å². The molecule has 0 saturated carbocycles. The third-order valence-electron chi connectivity index (χ3n) is 3.39. The topological polar surface area (TPSA) is 77.3 Å². The van der Waals surface area contributed by atoms with Gasteiger partial charge in [0.05, 0.1) is 35.5 Å². The second-order valence-electron chi connectivity index (χ2n) is 4.87. The van der Waals surface area contributed by atoms with E-state index in [0.717, 1.165) is 11.0 Å². The maximum atomic E-state index is 12.0. The van der Waals surface area contributed by atoms with E-state index >= 15 is 0 Å². The Morgan fingerprint density at radius 1 is 1.39 bits per heavy atom. The molecular weight excluding hydrogens is 316 g/mol. The molecule has 1 aliphatic rings. The lowest BCUT2D eigenvalue weighted by Crippen LogP contribution is -2.29. The first-order valence-electron chi connectivity index (χ1n) is 7.29. The van der Waals surface area contributed by atoms with Crippen LogP contribution in [0.1, 0.15) is 6.92 Å². The largest absolute Gasteiger partial charge is 0.463 e. The highest BCUT2D eigenvalue weighted by Crippen LogP contribution is 2.28. The van der Waals surface area contributed by atoms with E-state index in [2.05, 4.69) is 10.3 Å². The third kappa shape index (κ3) is 3.37. The molecule has 0 radical (unpaired) electrons. The fourth-order valence-electron chi connectivity index (χ4n) is 2.33. The summed E-state index contributed by atoms with van der Waals surface area (Å²) in [4.78, 5) is 25.2. The van der Waals surface area contributed by atoms with Crippen LogP contribution in [0.15, 0.2) is 35.4 Å². The number of para-hydroxylation sites is 1. The summed E-state index contributed by atoms with van der Waals surface area (Å²) in [5.41, 5.74) is 1.74. The molecule has 3 rings (SSSR count). The van der Waals surface area contributed by atoms with Gasteiger partial charge in [-0.2, -0.15) is 0 Å². The van der Waals surface area contributed by atoms with Gasteiger partial charge in [0.1, 0.15) is 5.52 Å². The minimum atomic E-state index is -0.430. The van der Waals surface area contributed by atoms with Crippen LogP contribution in [0.2, 0.25) is 0 Å². The van der Waals surface area contributed by atoms with Crippen molar-refractivity contribution in [3.63, 3.8) is 0 Å². The number of esters is 1. The predicted octanol–water partition coefficient (Wildman–Crippen LogP) is 1.41. The summed E-state index contributed by atoms with van der Waals surface area (Å²) in [5, 5.41) is 8.82. The van der Waals surface area contributed by atoms with Crippen LogP contribution in [0.3, 0.4) is 0 Å². The lowest BCUT2D eigenvalue weighted by Gasteiger charge is -2.16. The van der Waals surface area contributed by atoms with Crippen molar-refractivity contribution < 1.29 is 14.3 Å². The first-order valence-corrected chi connectivity index (χ1v) is 8.27. The molecule has 1 aliphatic heterocycles. The molecule has 0 N–H and O–H groups in total. The molecule has 0 spiro atoms. The zero-order valence-corrected chi connectivity index (χ0v) is 13.5. The van der Waals surface area contributed by atoms with E-state index in [1.165, 1.54) is 17.8 Å². The molecule has 0 atom stereocenters. The quantitative estimate of drug-likeness (QED) is 0.609. The smallest absolute Gasteiger partial charge is 0.333 e. The van der Waals surface area contributed by atoms with Crippen LogP contribution in [0.25, 0.3) is 11.0 Å². The van der Waals surface area contributed by atoms with E-state index < -0.39 is 5.97 Å². The first-order chi connectivity index (χ1) is 11.2. The summed E-state index contributed by atoms with van der Waals surface area (Å²) in [6, 6.07) is 7.65. The van der Waals surface area contributed by atoms with E-state index in [1.54, 1.807) is 16.5 Å². The van der Waals surface area contributed by atoms with Gasteiger partial charge < -0.3 is 9.64 Å². The van der Waals surface area contributed by atoms with Gasteiger partial charge in [-0.05, 0) is 19.1 Å². The van der Waals surface area contributed by atoms with E-state index in [0.29, 0.717) is 30.5 Å². The number of thioether (sulfide) groups is 1. The van der Waals surface area contributed by atoms with Crippen molar-refractivity contribution in [1.29, 1.82) is 0 Å². The number of nitrogens with zero attached hydrogens (tertiary/aromatic N) is 4. The summed E-state index contributed by atoms with van der Waals surface area (Å²) in [7, 11) is 0. The number of aromatic nitrogens is 3. The Balaban J connectivity index is 1.72. The summed E-state index contributed by atoms with van der Waals surface area (Å²) >= 11 is 1.34. The SMILES string of the molecule is CCOC(=O)/C=C1\SCC(=O)N1CCn1nnc2ccccc21. The number of carbonyl (C=O) groups is 2. The molecule has 8 heteroatoms. The molecule has 0 aliphatic carbocycles. The van der Waals surface area contributed by atoms with Crippen molar-refractivity contribution in [2.45, 2.75) is 13.5 Å². The zero-order valence-electron chi connectivity index (χ0n) is 12.6. The van der Waals surface area contributed by atoms with Gasteiger partial charge in [-0.25, -0.2) is 9.48 Å². The number of hydrogen-bond donors (Lipinski definition) is 0. The lowest BCUT2D eigenvalue weighted by atomic mass is 10.3. The molecule has 2 aromatic rings. The van der Waals surface area contributed by atoms with Crippen LogP contribution in [0.5, 0.6) is 0 Å². The average Bonchev–Trinajstić information content (AvgIpc) is 3.10. The maximum Gasteiger partial charge on any atom is 0.333 e. The Hall–Kier alpha value is -2.35. The number of rotatable bonds is 5. The fraction of sp³-hybridized carbons (Fsp3) is 0.333. The second-order valence-corrected chi connectivity index (χ2v) is 5.87. The van der Waals surface area contributed by atoms with Crippen LogP contribution in [-0.4, -0.2) is 50.7 Å². The number of fused-ring (bicyclic) bond motifs is 1. The highest BCUT2D eigenvalue weighted by molar-refractivity contribution is 8.04. The molecular formula is C15H16N4O3S. The number of hydrogen-bond acceptors (Lipinski definition) is 6. The number of amides is 1. The number of benzene rings is 1. The zero-order chi connectivity index (χ0) is 16.2. The van der Waals surface area contributed by atoms with E-state index in [9.17, 15) is 9.59 Å². The molecule has 0 unspecified atom stereocenters. The van der Waals surface area contributed by atoms with Gasteiger partial charge in [-0.1, -0.05) is 29.1 Å². The van der Waals surface area contributed by atoms with Gasteiger partial charge in [0.15, 0.2) is 0 Å². The summed E-state index contributed by atoms with van der Waals surface area (Å²) < 4.78 is 6.66. The Bertz CT molecular complexity index is 771. The molecule has 2 heterocycles. The van der Waals surface area contributed by atoms with Crippen LogP contribution >= 0.6 is 11.8 Å². The highest BCUT2D eigenvalue weighted by atomic mass is 32.2. The molecule has 1 aromatic carbocycles. The standard InChI is InChI=1S/C15H16N4O3S/c1-2-22-15(21)9-14-18(13(20)10-23-14)7-8-19-12-6-4-3-5-11(12)16-17-19/h3-6,9H,2,7-8,10H2,1H3/b14-9-. The molecule has 120 valence electrons. The Kier molecular flexibility index (Phi) is 4.61. The first kappa shape index (κ1) is 15.5. The number of ether oxygens (including phenoxy) is 1. The Morgan fingerprint density at radius 2 is 2.22 bits per heavy atom. The van der Waals surface area contributed by atoms with Crippen molar-refractivity contribution >= 4 is 34.7 Å². The number of carbonyl (C=O) groups excluding carboxylic acids is 2. The van der Waals surface area contributed by atoms with Crippen molar-refractivity contribution in [1.82, 2.24) is 19.9 Å². The molecule has 1 amide bonds. The minimum Gasteiger partial charge on any atom is -0.463 e. The van der Waals surface area contributed by atoms with Crippen LogP contribution < -0.4 is 0 Å². The highest BCUT2D eigenvalue weighted by Gasteiger charge is 2.27. The average molecular weight is 332 g/mol. The van der Waals surface area contributed by atoms with Crippen molar-refractivity contribution in [2.24, 2.45) is 0 Å². The van der Waals surface area contributed by atoms with E-state index in [4.69, 9.17) is 4.74 Å². The minimum absolute atomic E-state index is 0.0185. The predicted molar refractivity (Wildman–Crippen MR) is 86.4 cm³/mol. The normalized spacial score (nSPS) is 16.5. The molecule has 7 nitrogen and oxygen atoms in total. The van der Waals surface area contributed by atoms with Gasteiger partial charge in [-0.15, -0.1) is 5.10 Å². The van der Waals surface area contributed by atoms with Gasteiger partial charge in [0, 0.05) is 6.54 Å². The maximum absolute atomic E-state index is 12.0. The molecule has 1 fully saturated rings. The van der Waals surface area contributed by atoms with Gasteiger partial charge in [-0.3, -0.25) is 4.79 Å². The lowest BCUT2D eigenvalue weighted by molar-refractivity contribution is -0.137. The van der Waals surface area contributed by atoms with Crippen LogP contribution in [0.4, 0.5) is 0 Å². The monoisotopic (exact) mass is 332 g/mol. The molecule has 1 saturated heterocycles. The van der Waals surface area contributed by atoms with E-state index in [-0.39, 0.29) is 5.91 Å². The Labute approximate surface area is 137 Å². The van der Waals surface area contributed by atoms with Crippen molar-refractivity contribution in [2.75, 3.05) is 18.9 Å². The van der Waals surface area contributed by atoms with Crippen molar-refractivity contribution in [3.8, 4) is 0 Å². The molecule has 23 heavy (non-hydrogen) atoms. The summed E-state index contributed by atoms with van der Waals surface area (Å²) in [5.74, 6) is -0.112. The third-order valence-corrected chi connectivity index (χ3v) is 4.42. The van der Waals surface area contributed by atoms with Crippen LogP contribution in [0, 0.1) is 0 Å².